The zero-order chi connectivity index (χ0) is 14.2. The molecule has 1 saturated heterocycles. The summed E-state index contributed by atoms with van der Waals surface area (Å²) in [5, 5.41) is 3.46. The molecule has 0 radical (unpaired) electrons. The van der Waals surface area contributed by atoms with Gasteiger partial charge in [0.1, 0.15) is 0 Å². The third-order valence-corrected chi connectivity index (χ3v) is 3.94. The molecule has 0 aliphatic carbocycles. The molecule has 4 heteroatoms. The summed E-state index contributed by atoms with van der Waals surface area (Å²) in [6.07, 6.45) is 1.27. The minimum Gasteiger partial charge on any atom is -0.315 e. The Morgan fingerprint density at radius 3 is 3.00 bits per heavy atom. The lowest BCUT2D eigenvalue weighted by atomic mass is 10.3. The highest BCUT2D eigenvalue weighted by atomic mass is 15.2. The molecule has 112 valence electrons. The standard InChI is InChI=1S/C16H28N4/c1-3-19(14-16-7-4-6-15(2)18-16)12-13-20-10-5-8-17-9-11-20/h4,6-7,17H,3,5,8-14H2,1-2H3. The molecular formula is C16H28N4. The van der Waals surface area contributed by atoms with Gasteiger partial charge < -0.3 is 10.2 Å². The molecule has 1 fully saturated rings. The molecule has 20 heavy (non-hydrogen) atoms. The molecule has 2 rings (SSSR count). The Balaban J connectivity index is 1.79. The van der Waals surface area contributed by atoms with Crippen LogP contribution in [-0.2, 0) is 6.54 Å². The number of hydrogen-bond acceptors (Lipinski definition) is 4. The molecule has 1 aliphatic heterocycles. The van der Waals surface area contributed by atoms with Gasteiger partial charge in [-0.15, -0.1) is 0 Å². The van der Waals surface area contributed by atoms with Gasteiger partial charge in [0.05, 0.1) is 5.69 Å². The lowest BCUT2D eigenvalue weighted by Gasteiger charge is -2.25. The average Bonchev–Trinajstić information content (AvgIpc) is 2.72. The van der Waals surface area contributed by atoms with Crippen LogP contribution in [0.3, 0.4) is 0 Å². The fraction of sp³-hybridized carbons (Fsp3) is 0.688. The van der Waals surface area contributed by atoms with Crippen molar-refractivity contribution < 1.29 is 0 Å². The van der Waals surface area contributed by atoms with Crippen molar-refractivity contribution in [3.05, 3.63) is 29.6 Å². The van der Waals surface area contributed by atoms with Crippen LogP contribution in [-0.4, -0.2) is 60.6 Å². The zero-order valence-electron chi connectivity index (χ0n) is 12.9. The van der Waals surface area contributed by atoms with Crippen LogP contribution < -0.4 is 5.32 Å². The van der Waals surface area contributed by atoms with Crippen LogP contribution in [0.2, 0.25) is 0 Å². The third-order valence-electron chi connectivity index (χ3n) is 3.94. The Bertz CT molecular complexity index is 386. The summed E-state index contributed by atoms with van der Waals surface area (Å²) in [5.41, 5.74) is 2.29. The number of likely N-dealkylation sites (N-methyl/N-ethyl adjacent to an activating group) is 1. The van der Waals surface area contributed by atoms with Crippen molar-refractivity contribution in [3.8, 4) is 0 Å². The number of hydrogen-bond donors (Lipinski definition) is 1. The van der Waals surface area contributed by atoms with Crippen LogP contribution >= 0.6 is 0 Å². The van der Waals surface area contributed by atoms with Gasteiger partial charge in [-0.25, -0.2) is 0 Å². The van der Waals surface area contributed by atoms with Gasteiger partial charge in [-0.05, 0) is 45.1 Å². The highest BCUT2D eigenvalue weighted by molar-refractivity contribution is 5.09. The summed E-state index contributed by atoms with van der Waals surface area (Å²) in [4.78, 5) is 9.67. The van der Waals surface area contributed by atoms with Gasteiger partial charge in [-0.1, -0.05) is 13.0 Å². The zero-order valence-corrected chi connectivity index (χ0v) is 12.9. The number of nitrogens with zero attached hydrogens (tertiary/aromatic N) is 3. The van der Waals surface area contributed by atoms with E-state index in [2.05, 4.69) is 52.1 Å². The average molecular weight is 276 g/mol. The van der Waals surface area contributed by atoms with Crippen LogP contribution in [0, 0.1) is 6.92 Å². The highest BCUT2D eigenvalue weighted by Gasteiger charge is 2.11. The van der Waals surface area contributed by atoms with Crippen LogP contribution in [0.5, 0.6) is 0 Å². The number of rotatable bonds is 6. The third kappa shape index (κ3) is 5.19. The molecule has 1 aliphatic rings. The first-order valence-electron chi connectivity index (χ1n) is 7.86. The summed E-state index contributed by atoms with van der Waals surface area (Å²) in [5.74, 6) is 0. The Hall–Kier alpha value is -0.970. The van der Waals surface area contributed by atoms with Crippen molar-refractivity contribution >= 4 is 0 Å². The minimum absolute atomic E-state index is 0.963. The van der Waals surface area contributed by atoms with Gasteiger partial charge in [0, 0.05) is 38.4 Å². The van der Waals surface area contributed by atoms with Gasteiger partial charge >= 0.3 is 0 Å². The molecule has 0 aromatic carbocycles. The molecule has 0 amide bonds. The van der Waals surface area contributed by atoms with E-state index in [4.69, 9.17) is 0 Å². The fourth-order valence-corrected chi connectivity index (χ4v) is 2.67. The van der Waals surface area contributed by atoms with E-state index in [0.717, 1.165) is 31.9 Å². The minimum atomic E-state index is 0.963. The molecule has 1 aromatic rings. The summed E-state index contributed by atoms with van der Waals surface area (Å²) in [7, 11) is 0. The maximum atomic E-state index is 4.61. The first kappa shape index (κ1) is 15.4. The second-order valence-corrected chi connectivity index (χ2v) is 5.58. The van der Waals surface area contributed by atoms with Crippen molar-refractivity contribution in [1.82, 2.24) is 20.1 Å². The van der Waals surface area contributed by atoms with E-state index in [1.54, 1.807) is 0 Å². The van der Waals surface area contributed by atoms with Crippen LogP contribution in [0.1, 0.15) is 24.7 Å². The highest BCUT2D eigenvalue weighted by Crippen LogP contribution is 2.04. The van der Waals surface area contributed by atoms with E-state index >= 15 is 0 Å². The van der Waals surface area contributed by atoms with Gasteiger partial charge in [0.25, 0.3) is 0 Å². The summed E-state index contributed by atoms with van der Waals surface area (Å²) in [6, 6.07) is 6.29. The van der Waals surface area contributed by atoms with Gasteiger partial charge in [0.15, 0.2) is 0 Å². The lowest BCUT2D eigenvalue weighted by Crippen LogP contribution is -2.36. The maximum Gasteiger partial charge on any atom is 0.0547 e. The number of aryl methyl sites for hydroxylation is 1. The van der Waals surface area contributed by atoms with E-state index in [1.165, 1.54) is 38.3 Å². The maximum absolute atomic E-state index is 4.61. The van der Waals surface area contributed by atoms with Gasteiger partial charge in [0.2, 0.25) is 0 Å². The van der Waals surface area contributed by atoms with E-state index in [1.807, 2.05) is 0 Å². The Labute approximate surface area is 123 Å². The fourth-order valence-electron chi connectivity index (χ4n) is 2.67. The second kappa shape index (κ2) is 8.35. The Morgan fingerprint density at radius 2 is 2.20 bits per heavy atom. The van der Waals surface area contributed by atoms with Gasteiger partial charge in [-0.2, -0.15) is 0 Å². The molecule has 0 saturated carbocycles. The summed E-state index contributed by atoms with van der Waals surface area (Å²) in [6.45, 7) is 13.4. The SMILES string of the molecule is CCN(CCN1CCCNCC1)Cc1cccc(C)n1. The summed E-state index contributed by atoms with van der Waals surface area (Å²) >= 11 is 0. The van der Waals surface area contributed by atoms with Gasteiger partial charge in [-0.3, -0.25) is 9.88 Å². The van der Waals surface area contributed by atoms with Crippen LogP contribution in [0.25, 0.3) is 0 Å². The molecule has 1 N–H and O–H groups in total. The van der Waals surface area contributed by atoms with Crippen molar-refractivity contribution in [2.75, 3.05) is 45.8 Å². The predicted molar refractivity (Wildman–Crippen MR) is 83.9 cm³/mol. The van der Waals surface area contributed by atoms with E-state index < -0.39 is 0 Å². The van der Waals surface area contributed by atoms with Crippen molar-refractivity contribution in [2.45, 2.75) is 26.8 Å². The molecule has 0 bridgehead atoms. The van der Waals surface area contributed by atoms with Crippen LogP contribution in [0.4, 0.5) is 0 Å². The second-order valence-electron chi connectivity index (χ2n) is 5.58. The van der Waals surface area contributed by atoms with Crippen molar-refractivity contribution in [3.63, 3.8) is 0 Å². The quantitative estimate of drug-likeness (QED) is 0.853. The van der Waals surface area contributed by atoms with Crippen molar-refractivity contribution in [1.29, 1.82) is 0 Å². The Kier molecular flexibility index (Phi) is 6.43. The first-order valence-corrected chi connectivity index (χ1v) is 7.86. The number of aromatic nitrogens is 1. The largest absolute Gasteiger partial charge is 0.315 e. The predicted octanol–water partition coefficient (Wildman–Crippen LogP) is 1.51. The molecule has 0 unspecified atom stereocenters. The first-order chi connectivity index (χ1) is 9.78. The van der Waals surface area contributed by atoms with Crippen molar-refractivity contribution in [2.24, 2.45) is 0 Å². The normalized spacial score (nSPS) is 17.4. The molecule has 0 spiro atoms. The van der Waals surface area contributed by atoms with E-state index in [0.29, 0.717) is 0 Å². The number of pyridine rings is 1. The topological polar surface area (TPSA) is 31.4 Å². The Morgan fingerprint density at radius 1 is 1.30 bits per heavy atom. The molecule has 2 heterocycles. The van der Waals surface area contributed by atoms with E-state index in [9.17, 15) is 0 Å². The summed E-state index contributed by atoms with van der Waals surface area (Å²) < 4.78 is 0. The molecule has 0 atom stereocenters. The number of nitrogens with one attached hydrogen (secondary N) is 1. The van der Waals surface area contributed by atoms with Crippen LogP contribution in [0.15, 0.2) is 18.2 Å². The monoisotopic (exact) mass is 276 g/mol. The van der Waals surface area contributed by atoms with E-state index in [-0.39, 0.29) is 0 Å². The smallest absolute Gasteiger partial charge is 0.0547 e. The molecule has 1 aromatic heterocycles. The lowest BCUT2D eigenvalue weighted by molar-refractivity contribution is 0.209. The molecule has 4 nitrogen and oxygen atoms in total. The molecular weight excluding hydrogens is 248 g/mol.